The quantitative estimate of drug-likeness (QED) is 0.864. The average molecular weight is 277 g/mol. The van der Waals surface area contributed by atoms with Gasteiger partial charge in [0.25, 0.3) is 0 Å². The average Bonchev–Trinajstić information content (AvgIpc) is 2.49. The van der Waals surface area contributed by atoms with E-state index in [9.17, 15) is 4.79 Å². The molecule has 110 valence electrons. The third kappa shape index (κ3) is 3.77. The van der Waals surface area contributed by atoms with Crippen LogP contribution in [-0.2, 0) is 16.0 Å². The fraction of sp³-hybridized carbons (Fsp3) is 0.600. The lowest BCUT2D eigenvalue weighted by Gasteiger charge is -2.33. The van der Waals surface area contributed by atoms with Gasteiger partial charge in [-0.3, -0.25) is 14.7 Å². The second-order valence-corrected chi connectivity index (χ2v) is 5.06. The van der Waals surface area contributed by atoms with E-state index in [-0.39, 0.29) is 11.9 Å². The molecule has 1 unspecified atom stereocenters. The van der Waals surface area contributed by atoms with Gasteiger partial charge in [-0.15, -0.1) is 0 Å². The lowest BCUT2D eigenvalue weighted by molar-refractivity contribution is -0.132. The topological polar surface area (TPSA) is 54.5 Å². The van der Waals surface area contributed by atoms with Crippen molar-refractivity contribution in [2.75, 3.05) is 32.8 Å². The Bertz CT molecular complexity index is 450. The first-order chi connectivity index (χ1) is 9.72. The molecule has 2 rings (SSSR count). The molecule has 1 aliphatic heterocycles. The summed E-state index contributed by atoms with van der Waals surface area (Å²) in [6.07, 6.45) is 4.47. The zero-order chi connectivity index (χ0) is 14.4. The highest BCUT2D eigenvalue weighted by atomic mass is 16.5. The molecule has 1 aliphatic rings. The minimum atomic E-state index is -0.146. The van der Waals surface area contributed by atoms with Gasteiger partial charge in [-0.2, -0.15) is 0 Å². The van der Waals surface area contributed by atoms with Crippen LogP contribution in [0.1, 0.15) is 18.1 Å². The van der Waals surface area contributed by atoms with Crippen LogP contribution < -0.4 is 5.32 Å². The molecule has 1 aromatic heterocycles. The smallest absolute Gasteiger partial charge is 0.239 e. The Labute approximate surface area is 120 Å². The van der Waals surface area contributed by atoms with Gasteiger partial charge in [-0.1, -0.05) is 6.92 Å². The Kier molecular flexibility index (Phi) is 5.49. The van der Waals surface area contributed by atoms with Crippen LogP contribution in [0.3, 0.4) is 0 Å². The van der Waals surface area contributed by atoms with Crippen molar-refractivity contribution in [3.05, 3.63) is 29.6 Å². The van der Waals surface area contributed by atoms with Crippen LogP contribution in [0.15, 0.2) is 18.5 Å². The van der Waals surface area contributed by atoms with Crippen molar-refractivity contribution in [2.45, 2.75) is 26.3 Å². The minimum absolute atomic E-state index is 0.0678. The van der Waals surface area contributed by atoms with Crippen molar-refractivity contribution >= 4 is 5.91 Å². The van der Waals surface area contributed by atoms with Crippen molar-refractivity contribution in [2.24, 2.45) is 0 Å². The van der Waals surface area contributed by atoms with Crippen LogP contribution in [0, 0.1) is 6.92 Å². The Hall–Kier alpha value is -1.46. The number of morpholine rings is 1. The van der Waals surface area contributed by atoms with Gasteiger partial charge in [0.15, 0.2) is 0 Å². The number of carbonyl (C=O) groups is 1. The molecule has 1 aromatic rings. The van der Waals surface area contributed by atoms with E-state index in [1.807, 2.05) is 19.2 Å². The molecule has 1 atom stereocenters. The second kappa shape index (κ2) is 7.36. The van der Waals surface area contributed by atoms with Crippen LogP contribution in [-0.4, -0.2) is 54.7 Å². The molecular weight excluding hydrogens is 254 g/mol. The van der Waals surface area contributed by atoms with E-state index in [4.69, 9.17) is 4.74 Å². The normalized spacial score (nSPS) is 19.8. The molecule has 5 nitrogen and oxygen atoms in total. The summed E-state index contributed by atoms with van der Waals surface area (Å²) >= 11 is 0. The Morgan fingerprint density at radius 3 is 3.20 bits per heavy atom. The summed E-state index contributed by atoms with van der Waals surface area (Å²) in [6, 6.07) is 1.86. The summed E-state index contributed by atoms with van der Waals surface area (Å²) in [6.45, 7) is 7.69. The van der Waals surface area contributed by atoms with Gasteiger partial charge in [0.05, 0.1) is 13.2 Å². The molecule has 0 aliphatic carbocycles. The number of ether oxygens (including phenoxy) is 1. The predicted molar refractivity (Wildman–Crippen MR) is 77.5 cm³/mol. The largest absolute Gasteiger partial charge is 0.378 e. The Morgan fingerprint density at radius 2 is 2.45 bits per heavy atom. The van der Waals surface area contributed by atoms with E-state index in [1.165, 1.54) is 5.56 Å². The van der Waals surface area contributed by atoms with Crippen LogP contribution in [0.25, 0.3) is 0 Å². The molecule has 5 heteroatoms. The first kappa shape index (κ1) is 14.9. The van der Waals surface area contributed by atoms with Crippen LogP contribution in [0.4, 0.5) is 0 Å². The summed E-state index contributed by atoms with van der Waals surface area (Å²) in [5, 5.41) is 3.01. The molecular formula is C15H23N3O2. The van der Waals surface area contributed by atoms with Crippen molar-refractivity contribution < 1.29 is 9.53 Å². The van der Waals surface area contributed by atoms with Crippen molar-refractivity contribution in [1.29, 1.82) is 0 Å². The number of aryl methyl sites for hydroxylation is 1. The van der Waals surface area contributed by atoms with E-state index in [0.29, 0.717) is 19.8 Å². The van der Waals surface area contributed by atoms with E-state index < -0.39 is 0 Å². The van der Waals surface area contributed by atoms with Gasteiger partial charge in [0, 0.05) is 25.5 Å². The molecule has 1 N–H and O–H groups in total. The van der Waals surface area contributed by atoms with Gasteiger partial charge in [0.1, 0.15) is 6.04 Å². The first-order valence-electron chi connectivity index (χ1n) is 7.21. The van der Waals surface area contributed by atoms with E-state index >= 15 is 0 Å². The molecule has 2 heterocycles. The zero-order valence-corrected chi connectivity index (χ0v) is 12.3. The maximum absolute atomic E-state index is 12.2. The van der Waals surface area contributed by atoms with Crippen molar-refractivity contribution in [3.8, 4) is 0 Å². The molecule has 1 saturated heterocycles. The van der Waals surface area contributed by atoms with Crippen LogP contribution >= 0.6 is 0 Å². The van der Waals surface area contributed by atoms with Crippen molar-refractivity contribution in [1.82, 2.24) is 15.2 Å². The van der Waals surface area contributed by atoms with E-state index in [0.717, 1.165) is 25.1 Å². The predicted octanol–water partition coefficient (Wildman–Crippen LogP) is 0.769. The number of pyridine rings is 1. The highest BCUT2D eigenvalue weighted by Gasteiger charge is 2.27. The number of nitrogens with zero attached hydrogens (tertiary/aromatic N) is 2. The summed E-state index contributed by atoms with van der Waals surface area (Å²) < 4.78 is 5.41. The number of aromatic nitrogens is 1. The van der Waals surface area contributed by atoms with Gasteiger partial charge >= 0.3 is 0 Å². The summed E-state index contributed by atoms with van der Waals surface area (Å²) in [5.41, 5.74) is 2.39. The highest BCUT2D eigenvalue weighted by Crippen LogP contribution is 2.07. The van der Waals surface area contributed by atoms with E-state index in [2.05, 4.69) is 22.1 Å². The second-order valence-electron chi connectivity index (χ2n) is 5.06. The number of carbonyl (C=O) groups excluding carboxylic acids is 1. The standard InChI is InChI=1S/C15H23N3O2/c1-3-18-8-9-20-11-14(18)15(19)17-7-5-13-4-6-16-10-12(13)2/h4,6,10,14H,3,5,7-9,11H2,1-2H3,(H,17,19). The van der Waals surface area contributed by atoms with Gasteiger partial charge in [-0.05, 0) is 37.1 Å². The van der Waals surface area contributed by atoms with Gasteiger partial charge in [-0.25, -0.2) is 0 Å². The third-order valence-electron chi connectivity index (χ3n) is 3.78. The number of rotatable bonds is 5. The number of hydrogen-bond donors (Lipinski definition) is 1. The monoisotopic (exact) mass is 277 g/mol. The molecule has 0 radical (unpaired) electrons. The first-order valence-corrected chi connectivity index (χ1v) is 7.21. The SMILES string of the molecule is CCN1CCOCC1C(=O)NCCc1ccncc1C. The number of amides is 1. The fourth-order valence-electron chi connectivity index (χ4n) is 2.48. The van der Waals surface area contributed by atoms with Crippen molar-refractivity contribution in [3.63, 3.8) is 0 Å². The lowest BCUT2D eigenvalue weighted by Crippen LogP contribution is -2.53. The van der Waals surface area contributed by atoms with Crippen LogP contribution in [0.5, 0.6) is 0 Å². The molecule has 1 amide bonds. The summed E-state index contributed by atoms with van der Waals surface area (Å²) in [4.78, 5) is 18.4. The molecule has 20 heavy (non-hydrogen) atoms. The molecule has 0 spiro atoms. The molecule has 1 fully saturated rings. The zero-order valence-electron chi connectivity index (χ0n) is 12.3. The number of nitrogens with one attached hydrogen (secondary N) is 1. The highest BCUT2D eigenvalue weighted by molar-refractivity contribution is 5.82. The Morgan fingerprint density at radius 1 is 1.60 bits per heavy atom. The molecule has 0 aromatic carbocycles. The number of hydrogen-bond acceptors (Lipinski definition) is 4. The summed E-state index contributed by atoms with van der Waals surface area (Å²) in [7, 11) is 0. The maximum Gasteiger partial charge on any atom is 0.239 e. The third-order valence-corrected chi connectivity index (χ3v) is 3.78. The summed E-state index contributed by atoms with van der Waals surface area (Å²) in [5.74, 6) is 0.0678. The lowest BCUT2D eigenvalue weighted by atomic mass is 10.1. The molecule has 0 saturated carbocycles. The van der Waals surface area contributed by atoms with Crippen LogP contribution in [0.2, 0.25) is 0 Å². The Balaban J connectivity index is 1.81. The van der Waals surface area contributed by atoms with Gasteiger partial charge < -0.3 is 10.1 Å². The van der Waals surface area contributed by atoms with Gasteiger partial charge in [0.2, 0.25) is 5.91 Å². The van der Waals surface area contributed by atoms with E-state index in [1.54, 1.807) is 6.20 Å². The number of likely N-dealkylation sites (N-methyl/N-ethyl adjacent to an activating group) is 1. The maximum atomic E-state index is 12.2. The molecule has 0 bridgehead atoms. The fourth-order valence-corrected chi connectivity index (χ4v) is 2.48. The minimum Gasteiger partial charge on any atom is -0.378 e.